The van der Waals surface area contributed by atoms with E-state index in [2.05, 4.69) is 57.0 Å². The SMILES string of the molecule is CCCNCc1c(N(C)Cc2ccsc2)nc2sccn12. The van der Waals surface area contributed by atoms with Gasteiger partial charge in [0, 0.05) is 31.7 Å². The third-order valence-electron chi connectivity index (χ3n) is 3.42. The van der Waals surface area contributed by atoms with Crippen LogP contribution in [0.5, 0.6) is 0 Å². The number of anilines is 1. The number of aromatic nitrogens is 2. The van der Waals surface area contributed by atoms with Crippen LogP contribution in [-0.2, 0) is 13.1 Å². The highest BCUT2D eigenvalue weighted by Crippen LogP contribution is 2.25. The lowest BCUT2D eigenvalue weighted by Crippen LogP contribution is -2.21. The standard InChI is InChI=1S/C15H20N4S2/c1-3-5-16-9-13-14(17-15-19(13)6-8-21-15)18(2)10-12-4-7-20-11-12/h4,6-8,11,16H,3,5,9-10H2,1-2H3. The summed E-state index contributed by atoms with van der Waals surface area (Å²) in [5.41, 5.74) is 2.59. The molecule has 3 aromatic heterocycles. The number of rotatable bonds is 7. The zero-order chi connectivity index (χ0) is 14.7. The van der Waals surface area contributed by atoms with Gasteiger partial charge in [0.05, 0.1) is 5.69 Å². The lowest BCUT2D eigenvalue weighted by molar-refractivity contribution is 0.659. The Kier molecular flexibility index (Phi) is 4.57. The summed E-state index contributed by atoms with van der Waals surface area (Å²) >= 11 is 3.43. The van der Waals surface area contributed by atoms with E-state index in [1.165, 1.54) is 11.3 Å². The monoisotopic (exact) mass is 320 g/mol. The molecule has 3 heterocycles. The van der Waals surface area contributed by atoms with Gasteiger partial charge in [0.25, 0.3) is 0 Å². The summed E-state index contributed by atoms with van der Waals surface area (Å²) in [5.74, 6) is 1.08. The van der Waals surface area contributed by atoms with Crippen LogP contribution in [0, 0.1) is 0 Å². The van der Waals surface area contributed by atoms with E-state index >= 15 is 0 Å². The van der Waals surface area contributed by atoms with Gasteiger partial charge in [0.15, 0.2) is 10.8 Å². The Balaban J connectivity index is 1.85. The molecule has 0 amide bonds. The predicted molar refractivity (Wildman–Crippen MR) is 91.5 cm³/mol. The van der Waals surface area contributed by atoms with Gasteiger partial charge >= 0.3 is 0 Å². The predicted octanol–water partition coefficient (Wildman–Crippen LogP) is 3.59. The van der Waals surface area contributed by atoms with Crippen molar-refractivity contribution >= 4 is 33.5 Å². The third kappa shape index (κ3) is 3.12. The molecule has 0 aliphatic rings. The van der Waals surface area contributed by atoms with Gasteiger partial charge in [-0.15, -0.1) is 11.3 Å². The van der Waals surface area contributed by atoms with Gasteiger partial charge < -0.3 is 10.2 Å². The number of nitrogens with zero attached hydrogens (tertiary/aromatic N) is 3. The molecular formula is C15H20N4S2. The quantitative estimate of drug-likeness (QED) is 0.675. The van der Waals surface area contributed by atoms with Crippen molar-refractivity contribution in [3.05, 3.63) is 39.7 Å². The van der Waals surface area contributed by atoms with Gasteiger partial charge in [-0.3, -0.25) is 4.40 Å². The molecule has 1 N–H and O–H groups in total. The molecule has 3 rings (SSSR count). The fourth-order valence-corrected chi connectivity index (χ4v) is 3.79. The molecule has 0 aliphatic heterocycles. The van der Waals surface area contributed by atoms with Crippen LogP contribution in [0.1, 0.15) is 24.6 Å². The molecular weight excluding hydrogens is 300 g/mol. The topological polar surface area (TPSA) is 32.6 Å². The average molecular weight is 320 g/mol. The molecule has 3 aromatic rings. The van der Waals surface area contributed by atoms with Gasteiger partial charge in [-0.25, -0.2) is 4.98 Å². The number of fused-ring (bicyclic) bond motifs is 1. The highest BCUT2D eigenvalue weighted by Gasteiger charge is 2.16. The zero-order valence-corrected chi connectivity index (χ0v) is 14.0. The van der Waals surface area contributed by atoms with E-state index in [-0.39, 0.29) is 0 Å². The first-order valence-corrected chi connectivity index (χ1v) is 8.99. The maximum atomic E-state index is 4.80. The minimum absolute atomic E-state index is 0.856. The Labute approximate surface area is 133 Å². The van der Waals surface area contributed by atoms with Crippen molar-refractivity contribution in [1.29, 1.82) is 0 Å². The minimum atomic E-state index is 0.856. The van der Waals surface area contributed by atoms with E-state index < -0.39 is 0 Å². The summed E-state index contributed by atoms with van der Waals surface area (Å²) in [4.78, 5) is 8.11. The van der Waals surface area contributed by atoms with E-state index in [0.29, 0.717) is 0 Å². The number of hydrogen-bond acceptors (Lipinski definition) is 5. The summed E-state index contributed by atoms with van der Waals surface area (Å²) in [5, 5.41) is 9.91. The average Bonchev–Trinajstić information content (AvgIpc) is 3.16. The fourth-order valence-electron chi connectivity index (χ4n) is 2.41. The highest BCUT2D eigenvalue weighted by atomic mass is 32.1. The van der Waals surface area contributed by atoms with Gasteiger partial charge in [0.2, 0.25) is 0 Å². The Morgan fingerprint density at radius 1 is 1.38 bits per heavy atom. The molecule has 0 unspecified atom stereocenters. The Hall–Kier alpha value is -1.37. The van der Waals surface area contributed by atoms with Crippen molar-refractivity contribution in [3.8, 4) is 0 Å². The third-order valence-corrected chi connectivity index (χ3v) is 4.91. The molecule has 6 heteroatoms. The normalized spacial score (nSPS) is 11.3. The molecule has 0 atom stereocenters. The first-order chi connectivity index (χ1) is 10.3. The Morgan fingerprint density at radius 3 is 3.05 bits per heavy atom. The fraction of sp³-hybridized carbons (Fsp3) is 0.400. The van der Waals surface area contributed by atoms with Crippen LogP contribution in [0.2, 0.25) is 0 Å². The highest BCUT2D eigenvalue weighted by molar-refractivity contribution is 7.15. The molecule has 0 radical (unpaired) electrons. The summed E-state index contributed by atoms with van der Waals surface area (Å²) in [6, 6.07) is 2.18. The van der Waals surface area contributed by atoms with Gasteiger partial charge in [0.1, 0.15) is 0 Å². The number of hydrogen-bond donors (Lipinski definition) is 1. The summed E-state index contributed by atoms with van der Waals surface area (Å²) in [6.45, 7) is 4.97. The number of thiophene rings is 1. The summed E-state index contributed by atoms with van der Waals surface area (Å²) in [7, 11) is 2.12. The molecule has 0 saturated heterocycles. The van der Waals surface area contributed by atoms with Crippen molar-refractivity contribution in [2.45, 2.75) is 26.4 Å². The van der Waals surface area contributed by atoms with Crippen LogP contribution in [0.3, 0.4) is 0 Å². The van der Waals surface area contributed by atoms with Gasteiger partial charge in [-0.2, -0.15) is 11.3 Å². The molecule has 21 heavy (non-hydrogen) atoms. The van der Waals surface area contributed by atoms with Crippen LogP contribution >= 0.6 is 22.7 Å². The van der Waals surface area contributed by atoms with E-state index in [1.54, 1.807) is 22.7 Å². The van der Waals surface area contributed by atoms with Crippen molar-refractivity contribution in [2.75, 3.05) is 18.5 Å². The molecule has 0 spiro atoms. The number of thiazole rings is 1. The van der Waals surface area contributed by atoms with Crippen molar-refractivity contribution in [3.63, 3.8) is 0 Å². The van der Waals surface area contributed by atoms with Crippen molar-refractivity contribution in [1.82, 2.24) is 14.7 Å². The maximum Gasteiger partial charge on any atom is 0.195 e. The first-order valence-electron chi connectivity index (χ1n) is 7.17. The second kappa shape index (κ2) is 6.60. The molecule has 0 fully saturated rings. The van der Waals surface area contributed by atoms with E-state index in [1.807, 2.05) is 0 Å². The van der Waals surface area contributed by atoms with Crippen LogP contribution in [0.15, 0.2) is 28.4 Å². The minimum Gasteiger partial charge on any atom is -0.354 e. The van der Waals surface area contributed by atoms with E-state index in [9.17, 15) is 0 Å². The largest absolute Gasteiger partial charge is 0.354 e. The van der Waals surface area contributed by atoms with Crippen molar-refractivity contribution in [2.24, 2.45) is 0 Å². The molecule has 0 saturated carbocycles. The van der Waals surface area contributed by atoms with Crippen LogP contribution < -0.4 is 10.2 Å². The number of imidazole rings is 1. The molecule has 112 valence electrons. The molecule has 0 bridgehead atoms. The summed E-state index contributed by atoms with van der Waals surface area (Å²) in [6.07, 6.45) is 3.25. The summed E-state index contributed by atoms with van der Waals surface area (Å²) < 4.78 is 2.20. The van der Waals surface area contributed by atoms with Gasteiger partial charge in [-0.1, -0.05) is 6.92 Å². The molecule has 4 nitrogen and oxygen atoms in total. The molecule has 0 aromatic carbocycles. The lowest BCUT2D eigenvalue weighted by atomic mass is 10.3. The smallest absolute Gasteiger partial charge is 0.195 e. The first kappa shape index (κ1) is 14.6. The van der Waals surface area contributed by atoms with E-state index in [4.69, 9.17) is 4.98 Å². The van der Waals surface area contributed by atoms with Gasteiger partial charge in [-0.05, 0) is 35.4 Å². The Morgan fingerprint density at radius 2 is 2.29 bits per heavy atom. The van der Waals surface area contributed by atoms with Crippen LogP contribution in [0.4, 0.5) is 5.82 Å². The second-order valence-electron chi connectivity index (χ2n) is 5.10. The number of nitrogens with one attached hydrogen (secondary N) is 1. The second-order valence-corrected chi connectivity index (χ2v) is 6.76. The van der Waals surface area contributed by atoms with Crippen LogP contribution in [-0.4, -0.2) is 23.0 Å². The molecule has 0 aliphatic carbocycles. The Bertz CT molecular complexity index is 684. The van der Waals surface area contributed by atoms with Crippen molar-refractivity contribution < 1.29 is 0 Å². The van der Waals surface area contributed by atoms with Crippen LogP contribution in [0.25, 0.3) is 4.96 Å². The van der Waals surface area contributed by atoms with E-state index in [0.717, 1.165) is 36.8 Å². The zero-order valence-electron chi connectivity index (χ0n) is 12.4. The maximum absolute atomic E-state index is 4.80. The lowest BCUT2D eigenvalue weighted by Gasteiger charge is -2.18.